The van der Waals surface area contributed by atoms with Crippen LogP contribution in [0, 0.1) is 10.1 Å². The monoisotopic (exact) mass is 313 g/mol. The van der Waals surface area contributed by atoms with Crippen molar-refractivity contribution in [2.75, 3.05) is 18.4 Å². The van der Waals surface area contributed by atoms with Gasteiger partial charge in [0.15, 0.2) is 0 Å². The van der Waals surface area contributed by atoms with Crippen molar-refractivity contribution in [3.8, 4) is 0 Å². The van der Waals surface area contributed by atoms with Crippen LogP contribution in [0.3, 0.4) is 0 Å². The molecule has 0 aromatic heterocycles. The van der Waals surface area contributed by atoms with Crippen molar-refractivity contribution in [1.29, 1.82) is 0 Å². The molecule has 6 nitrogen and oxygen atoms in total. The van der Waals surface area contributed by atoms with Gasteiger partial charge in [-0.25, -0.2) is 0 Å². The average Bonchev–Trinajstić information content (AvgIpc) is 2.55. The minimum absolute atomic E-state index is 0.0260. The van der Waals surface area contributed by atoms with E-state index in [1.54, 1.807) is 18.2 Å². The molecule has 120 valence electrons. The van der Waals surface area contributed by atoms with E-state index < -0.39 is 4.92 Å². The van der Waals surface area contributed by atoms with Crippen LogP contribution in [-0.4, -0.2) is 23.9 Å². The van der Waals surface area contributed by atoms with Gasteiger partial charge in [-0.15, -0.1) is 0 Å². The zero-order valence-corrected chi connectivity index (χ0v) is 12.7. The number of hydrogen-bond donors (Lipinski definition) is 2. The molecule has 2 rings (SSSR count). The van der Waals surface area contributed by atoms with Crippen LogP contribution in [0.15, 0.2) is 54.6 Å². The molecule has 0 radical (unpaired) electrons. The first kappa shape index (κ1) is 16.5. The molecule has 2 aromatic rings. The Labute approximate surface area is 134 Å². The van der Waals surface area contributed by atoms with Gasteiger partial charge in [0, 0.05) is 19.2 Å². The highest BCUT2D eigenvalue weighted by molar-refractivity contribution is 5.78. The summed E-state index contributed by atoms with van der Waals surface area (Å²) >= 11 is 0. The first-order valence-corrected chi connectivity index (χ1v) is 7.45. The number of anilines is 1. The second kappa shape index (κ2) is 8.53. The van der Waals surface area contributed by atoms with Crippen molar-refractivity contribution in [2.45, 2.75) is 12.8 Å². The molecule has 0 saturated carbocycles. The third-order valence-corrected chi connectivity index (χ3v) is 3.30. The number of carbonyl (C=O) groups is 1. The van der Waals surface area contributed by atoms with E-state index in [1.807, 2.05) is 30.3 Å². The molecule has 0 heterocycles. The number of nitro benzene ring substituents is 1. The molecule has 0 saturated heterocycles. The largest absolute Gasteiger partial charge is 0.379 e. The summed E-state index contributed by atoms with van der Waals surface area (Å²) in [5.41, 5.74) is 1.52. The maximum Gasteiger partial charge on any atom is 0.292 e. The summed E-state index contributed by atoms with van der Waals surface area (Å²) in [7, 11) is 0. The molecule has 2 N–H and O–H groups in total. The normalized spacial score (nSPS) is 10.1. The Morgan fingerprint density at radius 1 is 1.00 bits per heavy atom. The van der Waals surface area contributed by atoms with Gasteiger partial charge in [0.25, 0.3) is 5.69 Å². The van der Waals surface area contributed by atoms with Crippen LogP contribution in [0.5, 0.6) is 0 Å². The molecule has 0 bridgehead atoms. The van der Waals surface area contributed by atoms with Gasteiger partial charge < -0.3 is 10.6 Å². The SMILES string of the molecule is O=C(Cc1ccccc1)NCCCNc1ccccc1[N+](=O)[O-]. The molecular weight excluding hydrogens is 294 g/mol. The second-order valence-corrected chi connectivity index (χ2v) is 5.07. The molecule has 0 atom stereocenters. The summed E-state index contributed by atoms with van der Waals surface area (Å²) < 4.78 is 0. The summed E-state index contributed by atoms with van der Waals surface area (Å²) in [6.45, 7) is 1.08. The predicted octanol–water partition coefficient (Wildman–Crippen LogP) is 2.76. The van der Waals surface area contributed by atoms with Crippen LogP contribution in [-0.2, 0) is 11.2 Å². The maximum absolute atomic E-state index is 11.8. The van der Waals surface area contributed by atoms with Crippen LogP contribution >= 0.6 is 0 Å². The van der Waals surface area contributed by atoms with Crippen LogP contribution in [0.2, 0.25) is 0 Å². The fraction of sp³-hybridized carbons (Fsp3) is 0.235. The highest BCUT2D eigenvalue weighted by Gasteiger charge is 2.11. The number of hydrogen-bond acceptors (Lipinski definition) is 4. The Bertz CT molecular complexity index is 659. The smallest absolute Gasteiger partial charge is 0.292 e. The van der Waals surface area contributed by atoms with Gasteiger partial charge >= 0.3 is 0 Å². The van der Waals surface area contributed by atoms with Gasteiger partial charge in [0.1, 0.15) is 5.69 Å². The zero-order chi connectivity index (χ0) is 16.5. The lowest BCUT2D eigenvalue weighted by Gasteiger charge is -2.08. The molecule has 0 aliphatic rings. The molecule has 0 aliphatic heterocycles. The Morgan fingerprint density at radius 2 is 1.70 bits per heavy atom. The van der Waals surface area contributed by atoms with E-state index in [2.05, 4.69) is 10.6 Å². The minimum atomic E-state index is -0.413. The Balaban J connectivity index is 1.68. The highest BCUT2D eigenvalue weighted by atomic mass is 16.6. The summed E-state index contributed by atoms with van der Waals surface area (Å²) in [4.78, 5) is 22.2. The average molecular weight is 313 g/mol. The second-order valence-electron chi connectivity index (χ2n) is 5.07. The molecule has 2 aromatic carbocycles. The lowest BCUT2D eigenvalue weighted by Crippen LogP contribution is -2.27. The quantitative estimate of drug-likeness (QED) is 0.446. The van der Waals surface area contributed by atoms with E-state index >= 15 is 0 Å². The number of benzene rings is 2. The fourth-order valence-corrected chi connectivity index (χ4v) is 2.17. The maximum atomic E-state index is 11.8. The van der Waals surface area contributed by atoms with E-state index in [1.165, 1.54) is 6.07 Å². The molecule has 1 amide bonds. The standard InChI is InChI=1S/C17H19N3O3/c21-17(13-14-7-2-1-3-8-14)19-12-6-11-18-15-9-4-5-10-16(15)20(22)23/h1-5,7-10,18H,6,11-13H2,(H,19,21). The van der Waals surface area contributed by atoms with Crippen LogP contribution in [0.1, 0.15) is 12.0 Å². The highest BCUT2D eigenvalue weighted by Crippen LogP contribution is 2.22. The van der Waals surface area contributed by atoms with E-state index in [-0.39, 0.29) is 11.6 Å². The number of carbonyl (C=O) groups excluding carboxylic acids is 1. The molecule has 23 heavy (non-hydrogen) atoms. The number of nitrogens with zero attached hydrogens (tertiary/aromatic N) is 1. The number of nitro groups is 1. The fourth-order valence-electron chi connectivity index (χ4n) is 2.17. The van der Waals surface area contributed by atoms with Crippen molar-refractivity contribution in [3.63, 3.8) is 0 Å². The third-order valence-electron chi connectivity index (χ3n) is 3.30. The van der Waals surface area contributed by atoms with Gasteiger partial charge in [-0.05, 0) is 18.1 Å². The van der Waals surface area contributed by atoms with Crippen molar-refractivity contribution in [3.05, 3.63) is 70.3 Å². The number of rotatable bonds is 8. The van der Waals surface area contributed by atoms with E-state index in [0.717, 1.165) is 5.56 Å². The topological polar surface area (TPSA) is 84.3 Å². The first-order valence-electron chi connectivity index (χ1n) is 7.45. The number of para-hydroxylation sites is 2. The zero-order valence-electron chi connectivity index (χ0n) is 12.7. The molecule has 6 heteroatoms. The van der Waals surface area contributed by atoms with Gasteiger partial charge in [0.05, 0.1) is 11.3 Å². The lowest BCUT2D eigenvalue weighted by molar-refractivity contribution is -0.384. The molecular formula is C17H19N3O3. The summed E-state index contributed by atoms with van der Waals surface area (Å²) in [6, 6.07) is 16.1. The van der Waals surface area contributed by atoms with Crippen molar-refractivity contribution >= 4 is 17.3 Å². The summed E-state index contributed by atoms with van der Waals surface area (Å²) in [6.07, 6.45) is 1.05. The molecule has 0 unspecified atom stereocenters. The van der Waals surface area contributed by atoms with Gasteiger partial charge in [-0.2, -0.15) is 0 Å². The Kier molecular flexibility index (Phi) is 6.11. The van der Waals surface area contributed by atoms with Gasteiger partial charge in [-0.3, -0.25) is 14.9 Å². The van der Waals surface area contributed by atoms with Crippen LogP contribution < -0.4 is 10.6 Å². The van der Waals surface area contributed by atoms with Gasteiger partial charge in [-0.1, -0.05) is 42.5 Å². The van der Waals surface area contributed by atoms with Crippen molar-refractivity contribution in [1.82, 2.24) is 5.32 Å². The Morgan fingerprint density at radius 3 is 2.43 bits per heavy atom. The minimum Gasteiger partial charge on any atom is -0.379 e. The van der Waals surface area contributed by atoms with E-state index in [9.17, 15) is 14.9 Å². The Hall–Kier alpha value is -2.89. The number of nitrogens with one attached hydrogen (secondary N) is 2. The first-order chi connectivity index (χ1) is 11.2. The van der Waals surface area contributed by atoms with Crippen LogP contribution in [0.4, 0.5) is 11.4 Å². The number of amides is 1. The summed E-state index contributed by atoms with van der Waals surface area (Å²) in [5, 5.41) is 16.7. The predicted molar refractivity (Wildman–Crippen MR) is 89.4 cm³/mol. The molecule has 0 aliphatic carbocycles. The molecule has 0 fully saturated rings. The molecule has 0 spiro atoms. The van der Waals surface area contributed by atoms with Crippen LogP contribution in [0.25, 0.3) is 0 Å². The van der Waals surface area contributed by atoms with E-state index in [4.69, 9.17) is 0 Å². The summed E-state index contributed by atoms with van der Waals surface area (Å²) in [5.74, 6) is -0.0260. The van der Waals surface area contributed by atoms with Crippen molar-refractivity contribution < 1.29 is 9.72 Å². The van der Waals surface area contributed by atoms with Crippen molar-refractivity contribution in [2.24, 2.45) is 0 Å². The third kappa shape index (κ3) is 5.43. The van der Waals surface area contributed by atoms with E-state index in [0.29, 0.717) is 31.6 Å². The van der Waals surface area contributed by atoms with Gasteiger partial charge in [0.2, 0.25) is 5.91 Å². The lowest BCUT2D eigenvalue weighted by atomic mass is 10.1.